The van der Waals surface area contributed by atoms with Crippen LogP contribution in [0.2, 0.25) is 0 Å². The molecule has 2 atom stereocenters. The maximum atomic E-state index is 11.5. The molecule has 0 fully saturated rings. The number of carbonyl (C=O) groups is 2. The van der Waals surface area contributed by atoms with E-state index in [-0.39, 0.29) is 12.3 Å². The van der Waals surface area contributed by atoms with Crippen LogP contribution in [0.5, 0.6) is 0 Å². The molecule has 0 saturated carbocycles. The van der Waals surface area contributed by atoms with Crippen molar-refractivity contribution >= 4 is 11.9 Å². The normalized spacial score (nSPS) is 14.0. The van der Waals surface area contributed by atoms with Crippen LogP contribution in [-0.4, -0.2) is 37.8 Å². The third-order valence-corrected chi connectivity index (χ3v) is 2.56. The topological polar surface area (TPSA) is 97.1 Å². The Kier molecular flexibility index (Phi) is 4.62. The molecule has 1 amide bonds. The van der Waals surface area contributed by atoms with Crippen LogP contribution >= 0.6 is 0 Å². The van der Waals surface area contributed by atoms with E-state index in [1.165, 1.54) is 12.7 Å². The highest BCUT2D eigenvalue weighted by atomic mass is 16.4. The third kappa shape index (κ3) is 4.21. The average Bonchev–Trinajstić information content (AvgIpc) is 2.77. The smallest absolute Gasteiger partial charge is 0.308 e. The summed E-state index contributed by atoms with van der Waals surface area (Å²) in [6.45, 7) is 3.66. The molecule has 1 rings (SSSR count). The van der Waals surface area contributed by atoms with Gasteiger partial charge in [0.2, 0.25) is 5.91 Å². The SMILES string of the molecule is CC(NC(=O)CCn1cncn1)C(C)C(=O)O. The Morgan fingerprint density at radius 1 is 1.47 bits per heavy atom. The Labute approximate surface area is 98.8 Å². The van der Waals surface area contributed by atoms with Gasteiger partial charge in [0, 0.05) is 12.5 Å². The van der Waals surface area contributed by atoms with Gasteiger partial charge in [0.1, 0.15) is 12.7 Å². The Balaban J connectivity index is 2.32. The average molecular weight is 240 g/mol. The molecule has 0 bridgehead atoms. The van der Waals surface area contributed by atoms with Gasteiger partial charge >= 0.3 is 5.97 Å². The molecule has 1 heterocycles. The fourth-order valence-electron chi connectivity index (χ4n) is 1.23. The van der Waals surface area contributed by atoms with Crippen LogP contribution in [0.25, 0.3) is 0 Å². The molecule has 7 heteroatoms. The maximum Gasteiger partial charge on any atom is 0.308 e. The van der Waals surface area contributed by atoms with Crippen molar-refractivity contribution in [3.8, 4) is 0 Å². The summed E-state index contributed by atoms with van der Waals surface area (Å²) < 4.78 is 1.55. The summed E-state index contributed by atoms with van der Waals surface area (Å²) in [4.78, 5) is 26.0. The van der Waals surface area contributed by atoms with E-state index < -0.39 is 17.9 Å². The van der Waals surface area contributed by atoms with E-state index in [0.717, 1.165) is 0 Å². The summed E-state index contributed by atoms with van der Waals surface area (Å²) in [5.41, 5.74) is 0. The molecule has 0 radical (unpaired) electrons. The standard InChI is InChI=1S/C10H16N4O3/c1-7(10(16)17)8(2)13-9(15)3-4-14-6-11-5-12-14/h5-8H,3-4H2,1-2H3,(H,13,15)(H,16,17). The van der Waals surface area contributed by atoms with E-state index in [1.807, 2.05) is 0 Å². The van der Waals surface area contributed by atoms with Crippen molar-refractivity contribution in [2.24, 2.45) is 5.92 Å². The largest absolute Gasteiger partial charge is 0.481 e. The number of aryl methyl sites for hydroxylation is 1. The molecule has 0 saturated heterocycles. The lowest BCUT2D eigenvalue weighted by molar-refractivity contribution is -0.142. The number of hydrogen-bond acceptors (Lipinski definition) is 4. The van der Waals surface area contributed by atoms with Crippen LogP contribution in [0.3, 0.4) is 0 Å². The van der Waals surface area contributed by atoms with Crippen LogP contribution in [0.1, 0.15) is 20.3 Å². The second-order valence-corrected chi connectivity index (χ2v) is 3.89. The summed E-state index contributed by atoms with van der Waals surface area (Å²) in [6, 6.07) is -0.393. The van der Waals surface area contributed by atoms with Crippen molar-refractivity contribution < 1.29 is 14.7 Å². The van der Waals surface area contributed by atoms with Gasteiger partial charge in [-0.2, -0.15) is 5.10 Å². The summed E-state index contributed by atoms with van der Waals surface area (Å²) >= 11 is 0. The zero-order chi connectivity index (χ0) is 12.8. The first-order valence-electron chi connectivity index (χ1n) is 5.35. The first-order valence-corrected chi connectivity index (χ1v) is 5.35. The molecule has 0 aliphatic rings. The maximum absolute atomic E-state index is 11.5. The van der Waals surface area contributed by atoms with Gasteiger partial charge in [-0.3, -0.25) is 14.3 Å². The minimum absolute atomic E-state index is 0.193. The van der Waals surface area contributed by atoms with Gasteiger partial charge in [-0.1, -0.05) is 0 Å². The number of nitrogens with one attached hydrogen (secondary N) is 1. The number of carbonyl (C=O) groups excluding carboxylic acids is 1. The van der Waals surface area contributed by atoms with E-state index in [1.54, 1.807) is 18.5 Å². The quantitative estimate of drug-likeness (QED) is 0.723. The van der Waals surface area contributed by atoms with Crippen LogP contribution in [-0.2, 0) is 16.1 Å². The molecule has 7 nitrogen and oxygen atoms in total. The van der Waals surface area contributed by atoms with Gasteiger partial charge in [-0.15, -0.1) is 0 Å². The highest BCUT2D eigenvalue weighted by Crippen LogP contribution is 2.02. The lowest BCUT2D eigenvalue weighted by Crippen LogP contribution is -2.40. The molecule has 2 unspecified atom stereocenters. The van der Waals surface area contributed by atoms with Crippen molar-refractivity contribution in [2.45, 2.75) is 32.9 Å². The van der Waals surface area contributed by atoms with Gasteiger partial charge in [0.05, 0.1) is 12.5 Å². The Morgan fingerprint density at radius 3 is 2.71 bits per heavy atom. The van der Waals surface area contributed by atoms with Crippen LogP contribution < -0.4 is 5.32 Å². The van der Waals surface area contributed by atoms with Gasteiger partial charge in [0.15, 0.2) is 0 Å². The first-order chi connectivity index (χ1) is 8.00. The zero-order valence-electron chi connectivity index (χ0n) is 9.83. The summed E-state index contributed by atoms with van der Waals surface area (Å²) in [7, 11) is 0. The van der Waals surface area contributed by atoms with Gasteiger partial charge in [-0.25, -0.2) is 4.98 Å². The molecule has 0 aliphatic carbocycles. The highest BCUT2D eigenvalue weighted by molar-refractivity contribution is 5.77. The van der Waals surface area contributed by atoms with Crippen molar-refractivity contribution in [3.05, 3.63) is 12.7 Å². The fraction of sp³-hybridized carbons (Fsp3) is 0.600. The molecule has 0 spiro atoms. The van der Waals surface area contributed by atoms with E-state index in [2.05, 4.69) is 15.4 Å². The molecular formula is C10H16N4O3. The number of aliphatic carboxylic acids is 1. The van der Waals surface area contributed by atoms with Crippen LogP contribution in [0, 0.1) is 5.92 Å². The van der Waals surface area contributed by atoms with E-state index >= 15 is 0 Å². The molecule has 1 aromatic rings. The van der Waals surface area contributed by atoms with Crippen molar-refractivity contribution in [1.82, 2.24) is 20.1 Å². The second-order valence-electron chi connectivity index (χ2n) is 3.89. The molecule has 17 heavy (non-hydrogen) atoms. The van der Waals surface area contributed by atoms with Crippen LogP contribution in [0.4, 0.5) is 0 Å². The highest BCUT2D eigenvalue weighted by Gasteiger charge is 2.20. The summed E-state index contributed by atoms with van der Waals surface area (Å²) in [6.07, 6.45) is 3.17. The predicted molar refractivity (Wildman–Crippen MR) is 59.0 cm³/mol. The van der Waals surface area contributed by atoms with E-state index in [0.29, 0.717) is 6.54 Å². The number of hydrogen-bond donors (Lipinski definition) is 2. The van der Waals surface area contributed by atoms with Crippen molar-refractivity contribution in [1.29, 1.82) is 0 Å². The molecular weight excluding hydrogens is 224 g/mol. The van der Waals surface area contributed by atoms with Crippen LogP contribution in [0.15, 0.2) is 12.7 Å². The monoisotopic (exact) mass is 240 g/mol. The summed E-state index contributed by atoms with van der Waals surface area (Å²) in [5.74, 6) is -1.72. The molecule has 0 aliphatic heterocycles. The van der Waals surface area contributed by atoms with E-state index in [9.17, 15) is 9.59 Å². The van der Waals surface area contributed by atoms with Crippen molar-refractivity contribution in [3.63, 3.8) is 0 Å². The first kappa shape index (κ1) is 13.1. The van der Waals surface area contributed by atoms with E-state index in [4.69, 9.17) is 5.11 Å². The minimum Gasteiger partial charge on any atom is -0.481 e. The number of carboxylic acids is 1. The second kappa shape index (κ2) is 5.97. The molecule has 94 valence electrons. The zero-order valence-corrected chi connectivity index (χ0v) is 9.83. The van der Waals surface area contributed by atoms with Crippen molar-refractivity contribution in [2.75, 3.05) is 0 Å². The Morgan fingerprint density at radius 2 is 2.18 bits per heavy atom. The Bertz CT molecular complexity index is 377. The number of carboxylic acid groups (broad SMARTS) is 1. The molecule has 0 aromatic carbocycles. The lowest BCUT2D eigenvalue weighted by atomic mass is 10.0. The third-order valence-electron chi connectivity index (χ3n) is 2.56. The number of rotatable bonds is 6. The fourth-order valence-corrected chi connectivity index (χ4v) is 1.23. The number of amides is 1. The Hall–Kier alpha value is -1.92. The molecule has 2 N–H and O–H groups in total. The van der Waals surface area contributed by atoms with Gasteiger partial charge in [-0.05, 0) is 13.8 Å². The van der Waals surface area contributed by atoms with Gasteiger partial charge < -0.3 is 10.4 Å². The lowest BCUT2D eigenvalue weighted by Gasteiger charge is -2.17. The number of nitrogens with zero attached hydrogens (tertiary/aromatic N) is 3. The number of aromatic nitrogens is 3. The summed E-state index contributed by atoms with van der Waals surface area (Å²) in [5, 5.41) is 15.3. The predicted octanol–water partition coefficient (Wildman–Crippen LogP) is -0.106. The minimum atomic E-state index is -0.922. The van der Waals surface area contributed by atoms with Gasteiger partial charge in [0.25, 0.3) is 0 Å². The molecule has 1 aromatic heterocycles.